The van der Waals surface area contributed by atoms with Crippen LogP contribution < -0.4 is 14.9 Å². The smallest absolute Gasteiger partial charge is 0.380 e. The lowest BCUT2D eigenvalue weighted by atomic mass is 10.1. The van der Waals surface area contributed by atoms with E-state index in [-0.39, 0.29) is 5.56 Å². The topological polar surface area (TPSA) is 119 Å². The first kappa shape index (κ1) is 36.5. The summed E-state index contributed by atoms with van der Waals surface area (Å²) in [5, 5.41) is 2.92. The van der Waals surface area contributed by atoms with E-state index in [0.717, 1.165) is 48.9 Å². The van der Waals surface area contributed by atoms with Crippen molar-refractivity contribution in [1.82, 2.24) is 14.5 Å². The van der Waals surface area contributed by atoms with Crippen LogP contribution in [-0.2, 0) is 19.9 Å². The summed E-state index contributed by atoms with van der Waals surface area (Å²) in [5.41, 5.74) is -5.25. The fraction of sp³-hybridized carbons (Fsp3) is 0.387. The van der Waals surface area contributed by atoms with E-state index in [9.17, 15) is 34.8 Å². The number of nitrogens with zero attached hydrogens (tertiary/aromatic N) is 3. The molecular formula is C31H38F3N5O5S3. The van der Waals surface area contributed by atoms with Crippen molar-refractivity contribution >= 4 is 48.9 Å². The molecule has 47 heavy (non-hydrogen) atoms. The molecule has 1 saturated heterocycles. The Bertz CT molecular complexity index is 1730. The van der Waals surface area contributed by atoms with Gasteiger partial charge >= 0.3 is 5.51 Å². The highest BCUT2D eigenvalue weighted by Gasteiger charge is 2.48. The molecule has 1 atom stereocenters. The number of thioether (sulfide) groups is 1. The molecule has 0 saturated carbocycles. The Hall–Kier alpha value is -3.31. The van der Waals surface area contributed by atoms with E-state index in [1.54, 1.807) is 12.1 Å². The Balaban J connectivity index is 1.59. The zero-order chi connectivity index (χ0) is 34.4. The quantitative estimate of drug-likeness (QED) is 0.247. The van der Waals surface area contributed by atoms with Crippen LogP contribution >= 0.6 is 11.8 Å². The highest BCUT2D eigenvalue weighted by atomic mass is 32.2. The van der Waals surface area contributed by atoms with Gasteiger partial charge in [-0.2, -0.15) is 13.2 Å². The van der Waals surface area contributed by atoms with E-state index in [4.69, 9.17) is 0 Å². The lowest BCUT2D eigenvalue weighted by molar-refractivity contribution is -0.0435. The monoisotopic (exact) mass is 713 g/mol. The second kappa shape index (κ2) is 15.3. The number of sulfone groups is 1. The normalized spacial score (nSPS) is 15.4. The third-order valence-electron chi connectivity index (χ3n) is 7.56. The molecule has 3 aromatic carbocycles. The largest absolute Gasteiger partial charge is 0.501 e. The van der Waals surface area contributed by atoms with Crippen LogP contribution in [0.25, 0.3) is 0 Å². The molecule has 16 heteroatoms. The number of halogens is 3. The van der Waals surface area contributed by atoms with Crippen LogP contribution in [-0.4, -0.2) is 104 Å². The van der Waals surface area contributed by atoms with E-state index < -0.39 is 52.8 Å². The summed E-state index contributed by atoms with van der Waals surface area (Å²) in [6, 6.07) is 17.5. The third kappa shape index (κ3) is 9.63. The van der Waals surface area contributed by atoms with Crippen molar-refractivity contribution in [2.75, 3.05) is 69.8 Å². The Kier molecular flexibility index (Phi) is 11.9. The molecule has 3 aromatic rings. The van der Waals surface area contributed by atoms with Gasteiger partial charge in [-0.25, -0.2) is 21.6 Å². The van der Waals surface area contributed by atoms with Crippen molar-refractivity contribution in [3.8, 4) is 0 Å². The van der Waals surface area contributed by atoms with Crippen LogP contribution in [0.5, 0.6) is 0 Å². The van der Waals surface area contributed by atoms with Crippen molar-refractivity contribution < 1.29 is 34.8 Å². The van der Waals surface area contributed by atoms with Gasteiger partial charge in [-0.15, -0.1) is 11.8 Å². The standard InChI is InChI=1S/C31H38F3N5O5S3/c1-37(2)16-15-24(22-45-26-7-5-4-6-8-26)35-28-14-13-27(21-29(28)46(41,42)31(32,33)34)47(43,44)36-30(40)23-9-11-25(12-10-23)39-19-17-38(3)18-20-39/h4-14,21,24,35H,15-20,22H2,1-3H3,(H,36,40)/t24-/m1/s1. The van der Waals surface area contributed by atoms with Crippen molar-refractivity contribution in [2.24, 2.45) is 0 Å². The molecule has 2 N–H and O–H groups in total. The number of carbonyl (C=O) groups excluding carboxylic acids is 1. The van der Waals surface area contributed by atoms with E-state index >= 15 is 0 Å². The molecule has 1 heterocycles. The molecule has 1 aliphatic rings. The van der Waals surface area contributed by atoms with Gasteiger partial charge in [-0.05, 0) is 88.7 Å². The van der Waals surface area contributed by atoms with Crippen molar-refractivity contribution in [3.05, 3.63) is 78.4 Å². The van der Waals surface area contributed by atoms with E-state index in [0.29, 0.717) is 24.8 Å². The van der Waals surface area contributed by atoms with E-state index in [2.05, 4.69) is 15.1 Å². The van der Waals surface area contributed by atoms with Crippen molar-refractivity contribution in [1.29, 1.82) is 0 Å². The van der Waals surface area contributed by atoms with Gasteiger partial charge < -0.3 is 20.0 Å². The summed E-state index contributed by atoms with van der Waals surface area (Å²) >= 11 is 1.44. The van der Waals surface area contributed by atoms with Crippen LogP contribution in [0.2, 0.25) is 0 Å². The molecule has 0 unspecified atom stereocenters. The maximum Gasteiger partial charge on any atom is 0.501 e. The SMILES string of the molecule is CN(C)CC[C@H](CSc1ccccc1)Nc1ccc(S(=O)(=O)NC(=O)c2ccc(N3CCN(C)CC3)cc2)cc1S(=O)(=O)C(F)(F)F. The second-order valence-corrected chi connectivity index (χ2v) is 16.1. The number of carbonyl (C=O) groups is 1. The molecule has 1 fully saturated rings. The first-order valence-corrected chi connectivity index (χ1v) is 18.7. The molecule has 0 aromatic heterocycles. The van der Waals surface area contributed by atoms with Gasteiger partial charge in [-0.3, -0.25) is 4.79 Å². The molecule has 10 nitrogen and oxygen atoms in total. The summed E-state index contributed by atoms with van der Waals surface area (Å²) in [6.07, 6.45) is 0.446. The summed E-state index contributed by atoms with van der Waals surface area (Å²) in [5.74, 6) is -0.633. The number of nitrogens with one attached hydrogen (secondary N) is 2. The predicted molar refractivity (Wildman–Crippen MR) is 178 cm³/mol. The molecule has 1 amide bonds. The van der Waals surface area contributed by atoms with Crippen LogP contribution in [0.3, 0.4) is 0 Å². The average molecular weight is 714 g/mol. The number of hydrogen-bond donors (Lipinski definition) is 2. The number of rotatable bonds is 13. The number of anilines is 2. The number of likely N-dealkylation sites (N-methyl/N-ethyl adjacent to an activating group) is 1. The molecule has 256 valence electrons. The summed E-state index contributed by atoms with van der Waals surface area (Å²) in [6.45, 7) is 3.84. The van der Waals surface area contributed by atoms with Gasteiger partial charge in [0.05, 0.1) is 10.6 Å². The van der Waals surface area contributed by atoms with Crippen LogP contribution in [0.1, 0.15) is 16.8 Å². The zero-order valence-electron chi connectivity index (χ0n) is 26.2. The van der Waals surface area contributed by atoms with E-state index in [1.165, 1.54) is 23.9 Å². The number of piperazine rings is 1. The summed E-state index contributed by atoms with van der Waals surface area (Å²) < 4.78 is 95.3. The molecule has 0 aliphatic carbocycles. The minimum atomic E-state index is -6.00. The maximum absolute atomic E-state index is 13.9. The summed E-state index contributed by atoms with van der Waals surface area (Å²) in [4.78, 5) is 18.0. The maximum atomic E-state index is 13.9. The molecular weight excluding hydrogens is 676 g/mol. The van der Waals surface area contributed by atoms with Gasteiger partial charge in [0.2, 0.25) is 0 Å². The number of hydrogen-bond acceptors (Lipinski definition) is 10. The van der Waals surface area contributed by atoms with Gasteiger partial charge in [0.25, 0.3) is 25.8 Å². The number of amides is 1. The summed E-state index contributed by atoms with van der Waals surface area (Å²) in [7, 11) is -5.09. The molecule has 0 spiro atoms. The van der Waals surface area contributed by atoms with Crippen LogP contribution in [0, 0.1) is 0 Å². The Morgan fingerprint density at radius 2 is 1.57 bits per heavy atom. The molecule has 4 rings (SSSR count). The fourth-order valence-corrected chi connectivity index (χ4v) is 7.82. The molecule has 1 aliphatic heterocycles. The van der Waals surface area contributed by atoms with E-state index in [1.807, 2.05) is 61.1 Å². The average Bonchev–Trinajstić information content (AvgIpc) is 3.02. The zero-order valence-corrected chi connectivity index (χ0v) is 28.6. The first-order chi connectivity index (χ1) is 22.1. The van der Waals surface area contributed by atoms with Crippen molar-refractivity contribution in [3.63, 3.8) is 0 Å². The fourth-order valence-electron chi connectivity index (χ4n) is 4.81. The highest BCUT2D eigenvalue weighted by Crippen LogP contribution is 2.36. The van der Waals surface area contributed by atoms with Gasteiger partial charge in [-0.1, -0.05) is 18.2 Å². The Labute approximate surface area is 278 Å². The Morgan fingerprint density at radius 3 is 2.17 bits per heavy atom. The third-order valence-corrected chi connectivity index (χ3v) is 11.6. The van der Waals surface area contributed by atoms with Gasteiger partial charge in [0, 0.05) is 54.1 Å². The second-order valence-electron chi connectivity index (χ2n) is 11.4. The van der Waals surface area contributed by atoms with Gasteiger partial charge in [0.15, 0.2) is 0 Å². The van der Waals surface area contributed by atoms with Crippen molar-refractivity contribution in [2.45, 2.75) is 32.7 Å². The number of sulfonamides is 1. The molecule has 0 bridgehead atoms. The lowest BCUT2D eigenvalue weighted by Crippen LogP contribution is -2.44. The van der Waals surface area contributed by atoms with Gasteiger partial charge in [0.1, 0.15) is 4.90 Å². The minimum absolute atomic E-state index is 0.00697. The molecule has 0 radical (unpaired) electrons. The van der Waals surface area contributed by atoms with Crippen LogP contribution in [0.15, 0.2) is 87.5 Å². The van der Waals surface area contributed by atoms with Crippen LogP contribution in [0.4, 0.5) is 24.5 Å². The lowest BCUT2D eigenvalue weighted by Gasteiger charge is -2.34. The predicted octanol–water partition coefficient (Wildman–Crippen LogP) is 4.38. The number of benzene rings is 3. The minimum Gasteiger partial charge on any atom is -0.380 e. The number of alkyl halides is 3. The Morgan fingerprint density at radius 1 is 0.936 bits per heavy atom. The first-order valence-electron chi connectivity index (χ1n) is 14.7. The highest BCUT2D eigenvalue weighted by molar-refractivity contribution is 7.99.